The molecular formula is C14H12BrNO4. The number of halogens is 1. The molecule has 0 saturated heterocycles. The molecular weight excluding hydrogens is 326 g/mol. The highest BCUT2D eigenvalue weighted by molar-refractivity contribution is 9.10. The SMILES string of the molecule is COC(=O)c1cc2ccc(Br)c3c2n(c1=O)[C@@H](C)CO3. The third-order valence-electron chi connectivity index (χ3n) is 3.42. The van der Waals surface area contributed by atoms with Gasteiger partial charge in [0.25, 0.3) is 5.56 Å². The maximum atomic E-state index is 12.5. The molecule has 0 bridgehead atoms. The van der Waals surface area contributed by atoms with Crippen LogP contribution in [0, 0.1) is 0 Å². The smallest absolute Gasteiger partial charge is 0.343 e. The lowest BCUT2D eigenvalue weighted by molar-refractivity contribution is 0.0597. The first-order valence-electron chi connectivity index (χ1n) is 6.13. The summed E-state index contributed by atoms with van der Waals surface area (Å²) in [5.41, 5.74) is 0.400. The van der Waals surface area contributed by atoms with Crippen LogP contribution in [-0.4, -0.2) is 24.3 Å². The molecule has 1 aromatic heterocycles. The number of esters is 1. The average molecular weight is 338 g/mol. The van der Waals surface area contributed by atoms with Crippen LogP contribution in [0.3, 0.4) is 0 Å². The largest absolute Gasteiger partial charge is 0.488 e. The number of rotatable bonds is 1. The van der Waals surface area contributed by atoms with Crippen LogP contribution in [0.15, 0.2) is 27.5 Å². The fourth-order valence-electron chi connectivity index (χ4n) is 2.47. The van der Waals surface area contributed by atoms with E-state index in [0.717, 1.165) is 9.86 Å². The van der Waals surface area contributed by atoms with Crippen molar-refractivity contribution in [3.05, 3.63) is 38.6 Å². The van der Waals surface area contributed by atoms with Gasteiger partial charge in [-0.25, -0.2) is 4.79 Å². The van der Waals surface area contributed by atoms with Crippen molar-refractivity contribution in [1.82, 2.24) is 4.57 Å². The van der Waals surface area contributed by atoms with Crippen molar-refractivity contribution in [3.8, 4) is 5.75 Å². The maximum absolute atomic E-state index is 12.5. The van der Waals surface area contributed by atoms with Crippen LogP contribution in [0.1, 0.15) is 23.3 Å². The maximum Gasteiger partial charge on any atom is 0.343 e. The van der Waals surface area contributed by atoms with Crippen molar-refractivity contribution in [2.45, 2.75) is 13.0 Å². The van der Waals surface area contributed by atoms with Crippen LogP contribution < -0.4 is 10.3 Å². The standard InChI is InChI=1S/C14H12BrNO4/c1-7-6-20-12-10(15)4-3-8-5-9(14(18)19-2)13(17)16(7)11(8)12/h3-5,7H,6H2,1-2H3/t7-/m0/s1. The summed E-state index contributed by atoms with van der Waals surface area (Å²) in [6.07, 6.45) is 0. The molecule has 1 aromatic carbocycles. The van der Waals surface area contributed by atoms with Gasteiger partial charge in [0.05, 0.1) is 23.1 Å². The Morgan fingerprint density at radius 3 is 2.95 bits per heavy atom. The lowest BCUT2D eigenvalue weighted by atomic mass is 10.1. The molecule has 20 heavy (non-hydrogen) atoms. The zero-order valence-electron chi connectivity index (χ0n) is 11.0. The van der Waals surface area contributed by atoms with Gasteiger partial charge in [0, 0.05) is 5.39 Å². The summed E-state index contributed by atoms with van der Waals surface area (Å²) in [5, 5.41) is 0.773. The van der Waals surface area contributed by atoms with Gasteiger partial charge in [0.15, 0.2) is 5.75 Å². The second kappa shape index (κ2) is 4.63. The van der Waals surface area contributed by atoms with E-state index in [4.69, 9.17) is 4.74 Å². The minimum Gasteiger partial charge on any atom is -0.488 e. The van der Waals surface area contributed by atoms with Crippen molar-refractivity contribution >= 4 is 32.8 Å². The van der Waals surface area contributed by atoms with Crippen LogP contribution in [0.25, 0.3) is 10.9 Å². The normalized spacial score (nSPS) is 16.9. The van der Waals surface area contributed by atoms with Crippen LogP contribution in [0.5, 0.6) is 5.75 Å². The van der Waals surface area contributed by atoms with E-state index in [1.165, 1.54) is 7.11 Å². The molecule has 1 aliphatic rings. The summed E-state index contributed by atoms with van der Waals surface area (Å²) in [7, 11) is 1.27. The highest BCUT2D eigenvalue weighted by Crippen LogP contribution is 2.37. The third-order valence-corrected chi connectivity index (χ3v) is 4.04. The lowest BCUT2D eigenvalue weighted by Crippen LogP contribution is -2.34. The van der Waals surface area contributed by atoms with Gasteiger partial charge in [0.2, 0.25) is 0 Å². The first-order valence-corrected chi connectivity index (χ1v) is 6.92. The first kappa shape index (κ1) is 13.2. The van der Waals surface area contributed by atoms with Gasteiger partial charge in [-0.3, -0.25) is 9.36 Å². The number of pyridine rings is 1. The number of ether oxygens (including phenoxy) is 2. The number of benzene rings is 1. The number of hydrogen-bond acceptors (Lipinski definition) is 4. The van der Waals surface area contributed by atoms with Gasteiger partial charge in [-0.15, -0.1) is 0 Å². The Hall–Kier alpha value is -1.82. The molecule has 2 heterocycles. The lowest BCUT2D eigenvalue weighted by Gasteiger charge is -2.26. The summed E-state index contributed by atoms with van der Waals surface area (Å²) >= 11 is 3.42. The van der Waals surface area contributed by atoms with Crippen molar-refractivity contribution in [2.24, 2.45) is 0 Å². The van der Waals surface area contributed by atoms with Crippen molar-refractivity contribution in [2.75, 3.05) is 13.7 Å². The fourth-order valence-corrected chi connectivity index (χ4v) is 2.90. The number of aromatic nitrogens is 1. The monoisotopic (exact) mass is 337 g/mol. The number of methoxy groups -OCH3 is 1. The number of hydrogen-bond donors (Lipinski definition) is 0. The van der Waals surface area contributed by atoms with E-state index >= 15 is 0 Å². The summed E-state index contributed by atoms with van der Waals surface area (Å²) in [6.45, 7) is 2.26. The highest BCUT2D eigenvalue weighted by Gasteiger charge is 2.26. The van der Waals surface area contributed by atoms with Crippen molar-refractivity contribution < 1.29 is 14.3 Å². The van der Waals surface area contributed by atoms with Gasteiger partial charge in [-0.2, -0.15) is 0 Å². The Labute approximate surface area is 123 Å². The van der Waals surface area contributed by atoms with Gasteiger partial charge < -0.3 is 9.47 Å². The second-order valence-corrected chi connectivity index (χ2v) is 5.55. The summed E-state index contributed by atoms with van der Waals surface area (Å²) in [4.78, 5) is 24.3. The summed E-state index contributed by atoms with van der Waals surface area (Å²) < 4.78 is 12.8. The second-order valence-electron chi connectivity index (χ2n) is 4.70. The molecule has 0 saturated carbocycles. The molecule has 0 unspecified atom stereocenters. The minimum absolute atomic E-state index is 0.0435. The van der Waals surface area contributed by atoms with E-state index in [2.05, 4.69) is 20.7 Å². The van der Waals surface area contributed by atoms with E-state index in [0.29, 0.717) is 17.9 Å². The Morgan fingerprint density at radius 2 is 2.25 bits per heavy atom. The van der Waals surface area contributed by atoms with Gasteiger partial charge in [-0.05, 0) is 35.0 Å². The quantitative estimate of drug-likeness (QED) is 0.750. The molecule has 6 heteroatoms. The fraction of sp³-hybridized carbons (Fsp3) is 0.286. The zero-order valence-corrected chi connectivity index (χ0v) is 12.6. The van der Waals surface area contributed by atoms with Crippen LogP contribution in [0.4, 0.5) is 0 Å². The van der Waals surface area contributed by atoms with Crippen LogP contribution in [0.2, 0.25) is 0 Å². The minimum atomic E-state index is -0.621. The highest BCUT2D eigenvalue weighted by atomic mass is 79.9. The molecule has 0 N–H and O–H groups in total. The average Bonchev–Trinajstić information content (AvgIpc) is 2.45. The summed E-state index contributed by atoms with van der Waals surface area (Å²) in [6, 6.07) is 5.09. The molecule has 1 aliphatic heterocycles. The first-order chi connectivity index (χ1) is 9.54. The van der Waals surface area contributed by atoms with E-state index < -0.39 is 5.97 Å². The topological polar surface area (TPSA) is 57.5 Å². The van der Waals surface area contributed by atoms with Crippen molar-refractivity contribution in [1.29, 1.82) is 0 Å². The number of nitrogens with zero attached hydrogens (tertiary/aromatic N) is 1. The van der Waals surface area contributed by atoms with Gasteiger partial charge >= 0.3 is 5.97 Å². The summed E-state index contributed by atoms with van der Waals surface area (Å²) in [5.74, 6) is 0.0120. The Balaban J connectivity index is 2.47. The third kappa shape index (κ3) is 1.75. The Kier molecular flexibility index (Phi) is 3.05. The molecule has 0 spiro atoms. The predicted octanol–water partition coefficient (Wildman–Crippen LogP) is 2.50. The van der Waals surface area contributed by atoms with E-state index in [-0.39, 0.29) is 17.2 Å². The molecule has 0 aliphatic carbocycles. The zero-order chi connectivity index (χ0) is 14.4. The van der Waals surface area contributed by atoms with Crippen LogP contribution in [-0.2, 0) is 4.74 Å². The molecule has 0 amide bonds. The molecule has 5 nitrogen and oxygen atoms in total. The number of carbonyl (C=O) groups excluding carboxylic acids is 1. The Bertz CT molecular complexity index is 781. The molecule has 2 aromatic rings. The molecule has 104 valence electrons. The molecule has 0 fully saturated rings. The van der Waals surface area contributed by atoms with Crippen molar-refractivity contribution in [3.63, 3.8) is 0 Å². The number of carbonyl (C=O) groups is 1. The Morgan fingerprint density at radius 1 is 1.50 bits per heavy atom. The van der Waals surface area contributed by atoms with E-state index in [1.807, 2.05) is 19.1 Å². The molecule has 1 atom stereocenters. The molecule has 3 rings (SSSR count). The van der Waals surface area contributed by atoms with E-state index in [1.54, 1.807) is 10.6 Å². The predicted molar refractivity (Wildman–Crippen MR) is 77.5 cm³/mol. The van der Waals surface area contributed by atoms with Gasteiger partial charge in [0.1, 0.15) is 12.2 Å². The van der Waals surface area contributed by atoms with E-state index in [9.17, 15) is 9.59 Å². The molecule has 0 radical (unpaired) electrons. The van der Waals surface area contributed by atoms with Crippen LogP contribution >= 0.6 is 15.9 Å². The van der Waals surface area contributed by atoms with Gasteiger partial charge in [-0.1, -0.05) is 6.07 Å².